The van der Waals surface area contributed by atoms with Crippen LogP contribution in [0.4, 0.5) is 0 Å². The summed E-state index contributed by atoms with van der Waals surface area (Å²) in [5.74, 6) is 0.273. The maximum atomic E-state index is 11.3. The lowest BCUT2D eigenvalue weighted by molar-refractivity contribution is -0.126. The lowest BCUT2D eigenvalue weighted by atomic mass is 9.97. The third kappa shape index (κ3) is 2.54. The zero-order chi connectivity index (χ0) is 12.8. The van der Waals surface area contributed by atoms with E-state index in [1.54, 1.807) is 6.92 Å². The van der Waals surface area contributed by atoms with Crippen LogP contribution in [0.1, 0.15) is 26.2 Å². The van der Waals surface area contributed by atoms with E-state index < -0.39 is 21.6 Å². The highest BCUT2D eigenvalue weighted by Gasteiger charge is 2.50. The van der Waals surface area contributed by atoms with E-state index in [9.17, 15) is 13.5 Å². The quantitative estimate of drug-likeness (QED) is 0.564. The molecule has 5 atom stereocenters. The van der Waals surface area contributed by atoms with Gasteiger partial charge in [0, 0.05) is 0 Å². The zero-order valence-electron chi connectivity index (χ0n) is 9.87. The van der Waals surface area contributed by atoms with Crippen molar-refractivity contribution in [2.24, 2.45) is 17.0 Å². The molecular weight excluding hydrogens is 242 g/mol. The summed E-state index contributed by atoms with van der Waals surface area (Å²) in [6.45, 7) is 5.32. The van der Waals surface area contributed by atoms with Crippen LogP contribution >= 0.6 is 0 Å². The summed E-state index contributed by atoms with van der Waals surface area (Å²) in [4.78, 5) is 0. The molecule has 5 nitrogen and oxygen atoms in total. The van der Waals surface area contributed by atoms with Crippen molar-refractivity contribution < 1.29 is 18.3 Å². The molecule has 2 bridgehead atoms. The Bertz CT molecular complexity index is 419. The van der Waals surface area contributed by atoms with Gasteiger partial charge in [-0.05, 0) is 43.6 Å². The minimum Gasteiger partial charge on any atom is -0.364 e. The Kier molecular flexibility index (Phi) is 3.33. The standard InChI is InChI=1S/C11H19NO4S/c1-6(2)11(13)16-9-4-8-3-7(9)5-10(8)17(12,14)15/h7-11,13H,1,3-5H2,2H3,(H2,12,14,15). The third-order valence-corrected chi connectivity index (χ3v) is 5.30. The third-order valence-electron chi connectivity index (χ3n) is 3.87. The van der Waals surface area contributed by atoms with Gasteiger partial charge in [-0.15, -0.1) is 0 Å². The van der Waals surface area contributed by atoms with Crippen LogP contribution in [0.3, 0.4) is 0 Å². The topological polar surface area (TPSA) is 89.6 Å². The van der Waals surface area contributed by atoms with E-state index >= 15 is 0 Å². The second-order valence-corrected chi connectivity index (χ2v) is 7.01. The molecule has 17 heavy (non-hydrogen) atoms. The molecule has 6 heteroatoms. The first kappa shape index (κ1) is 13.0. The van der Waals surface area contributed by atoms with Gasteiger partial charge in [-0.2, -0.15) is 0 Å². The fraction of sp³-hybridized carbons (Fsp3) is 0.818. The molecule has 2 aliphatic carbocycles. The molecule has 0 aromatic rings. The van der Waals surface area contributed by atoms with Crippen LogP contribution in [-0.4, -0.2) is 31.2 Å². The van der Waals surface area contributed by atoms with Gasteiger partial charge in [-0.1, -0.05) is 6.58 Å². The smallest absolute Gasteiger partial charge is 0.212 e. The number of primary sulfonamides is 1. The average Bonchev–Trinajstić information content (AvgIpc) is 2.74. The van der Waals surface area contributed by atoms with Crippen LogP contribution < -0.4 is 5.14 Å². The van der Waals surface area contributed by atoms with Crippen molar-refractivity contribution in [3.05, 3.63) is 12.2 Å². The molecule has 2 saturated carbocycles. The normalized spacial score (nSPS) is 38.3. The predicted molar refractivity (Wildman–Crippen MR) is 63.4 cm³/mol. The first-order valence-electron chi connectivity index (χ1n) is 5.79. The molecule has 0 spiro atoms. The Hall–Kier alpha value is -0.430. The summed E-state index contributed by atoms with van der Waals surface area (Å²) in [6.07, 6.45) is 1.03. The van der Waals surface area contributed by atoms with Crippen LogP contribution in [0.2, 0.25) is 0 Å². The number of hydrogen-bond donors (Lipinski definition) is 2. The van der Waals surface area contributed by atoms with E-state index in [1.165, 1.54) is 0 Å². The molecule has 0 heterocycles. The molecule has 0 aromatic heterocycles. The van der Waals surface area contributed by atoms with Gasteiger partial charge < -0.3 is 9.84 Å². The Labute approximate surface area is 102 Å². The lowest BCUT2D eigenvalue weighted by Crippen LogP contribution is -2.38. The predicted octanol–water partition coefficient (Wildman–Crippen LogP) is 0.353. The monoisotopic (exact) mass is 261 g/mol. The van der Waals surface area contributed by atoms with Gasteiger partial charge in [0.1, 0.15) is 0 Å². The molecule has 0 aliphatic heterocycles. The number of sulfonamides is 1. The van der Waals surface area contributed by atoms with Gasteiger partial charge in [0.25, 0.3) is 0 Å². The SMILES string of the molecule is C=C(C)C(O)OC1CC2CC1CC2S(N)(=O)=O. The molecule has 98 valence electrons. The van der Waals surface area contributed by atoms with Crippen molar-refractivity contribution >= 4 is 10.0 Å². The fourth-order valence-corrected chi connectivity index (χ4v) is 4.30. The highest BCUT2D eigenvalue weighted by Crippen LogP contribution is 2.48. The van der Waals surface area contributed by atoms with Gasteiger partial charge in [-0.3, -0.25) is 0 Å². The van der Waals surface area contributed by atoms with Gasteiger partial charge in [0.05, 0.1) is 11.4 Å². The van der Waals surface area contributed by atoms with E-state index in [4.69, 9.17) is 9.88 Å². The van der Waals surface area contributed by atoms with Crippen LogP contribution in [0.15, 0.2) is 12.2 Å². The number of fused-ring (bicyclic) bond motifs is 2. The van der Waals surface area contributed by atoms with Gasteiger partial charge in [0.2, 0.25) is 10.0 Å². The van der Waals surface area contributed by atoms with Crippen molar-refractivity contribution in [1.29, 1.82) is 0 Å². The number of nitrogens with two attached hydrogens (primary N) is 1. The second kappa shape index (κ2) is 4.35. The first-order chi connectivity index (χ1) is 7.79. The average molecular weight is 261 g/mol. The van der Waals surface area contributed by atoms with Crippen LogP contribution in [0.25, 0.3) is 0 Å². The minimum absolute atomic E-state index is 0.0651. The number of aliphatic hydroxyl groups excluding tert-OH is 1. The number of aliphatic hydroxyl groups is 1. The zero-order valence-corrected chi connectivity index (χ0v) is 10.7. The Morgan fingerprint density at radius 1 is 1.41 bits per heavy atom. The largest absolute Gasteiger partial charge is 0.364 e. The molecule has 3 N–H and O–H groups in total. The molecular formula is C11H19NO4S. The van der Waals surface area contributed by atoms with Gasteiger partial charge >= 0.3 is 0 Å². The van der Waals surface area contributed by atoms with Gasteiger partial charge in [-0.25, -0.2) is 13.6 Å². The van der Waals surface area contributed by atoms with Crippen molar-refractivity contribution in [2.45, 2.75) is 43.8 Å². The minimum atomic E-state index is -3.44. The van der Waals surface area contributed by atoms with E-state index in [2.05, 4.69) is 6.58 Å². The lowest BCUT2D eigenvalue weighted by Gasteiger charge is -2.28. The van der Waals surface area contributed by atoms with Crippen LogP contribution in [-0.2, 0) is 14.8 Å². The Morgan fingerprint density at radius 3 is 2.47 bits per heavy atom. The van der Waals surface area contributed by atoms with E-state index in [1.807, 2.05) is 0 Å². The Balaban J connectivity index is 1.97. The molecule has 2 fully saturated rings. The van der Waals surface area contributed by atoms with Crippen molar-refractivity contribution in [3.8, 4) is 0 Å². The van der Waals surface area contributed by atoms with Crippen LogP contribution in [0, 0.1) is 11.8 Å². The molecule has 5 unspecified atom stereocenters. The highest BCUT2D eigenvalue weighted by molar-refractivity contribution is 7.89. The van der Waals surface area contributed by atoms with Gasteiger partial charge in [0.15, 0.2) is 6.29 Å². The maximum absolute atomic E-state index is 11.3. The summed E-state index contributed by atoms with van der Waals surface area (Å²) in [7, 11) is -3.44. The van der Waals surface area contributed by atoms with E-state index in [0.717, 1.165) is 6.42 Å². The summed E-state index contributed by atoms with van der Waals surface area (Å²) in [5, 5.41) is 14.3. The second-order valence-electron chi connectivity index (χ2n) is 5.23. The summed E-state index contributed by atoms with van der Waals surface area (Å²) < 4.78 is 28.2. The number of ether oxygens (including phenoxy) is 1. The maximum Gasteiger partial charge on any atom is 0.212 e. The molecule has 0 radical (unpaired) electrons. The number of hydrogen-bond acceptors (Lipinski definition) is 4. The number of rotatable bonds is 4. The van der Waals surface area contributed by atoms with Crippen LogP contribution in [0.5, 0.6) is 0 Å². The summed E-state index contributed by atoms with van der Waals surface area (Å²) >= 11 is 0. The van der Waals surface area contributed by atoms with Crippen molar-refractivity contribution in [3.63, 3.8) is 0 Å². The molecule has 2 rings (SSSR count). The molecule has 2 aliphatic rings. The molecule has 0 aromatic carbocycles. The highest BCUT2D eigenvalue weighted by atomic mass is 32.2. The van der Waals surface area contributed by atoms with E-state index in [-0.39, 0.29) is 17.9 Å². The summed E-state index contributed by atoms with van der Waals surface area (Å²) in [5.41, 5.74) is 0.566. The van der Waals surface area contributed by atoms with Crippen molar-refractivity contribution in [2.75, 3.05) is 0 Å². The fourth-order valence-electron chi connectivity index (χ4n) is 3.02. The van der Waals surface area contributed by atoms with E-state index in [0.29, 0.717) is 18.4 Å². The summed E-state index contributed by atoms with van der Waals surface area (Å²) in [6, 6.07) is 0. The molecule has 0 saturated heterocycles. The van der Waals surface area contributed by atoms with Crippen molar-refractivity contribution in [1.82, 2.24) is 0 Å². The first-order valence-corrected chi connectivity index (χ1v) is 7.40. The Morgan fingerprint density at radius 2 is 2.06 bits per heavy atom. The molecule has 0 amide bonds.